The number of carboxylic acid groups (broad SMARTS) is 1. The fraction of sp³-hybridized carbons (Fsp3) is 0.379. The first-order valence-corrected chi connectivity index (χ1v) is 14.8. The largest absolute Gasteiger partial charge is 0.480 e. The second-order valence-electron chi connectivity index (χ2n) is 11.2. The van der Waals surface area contributed by atoms with Crippen LogP contribution in [0.2, 0.25) is 0 Å². The van der Waals surface area contributed by atoms with Gasteiger partial charge in [-0.25, -0.2) is 14.5 Å². The molecule has 8 nitrogen and oxygen atoms in total. The molecule has 0 spiro atoms. The van der Waals surface area contributed by atoms with Crippen LogP contribution in [0.25, 0.3) is 6.08 Å². The number of amides is 4. The Hall–Kier alpha value is -2.73. The number of carbonyl (C=O) groups is 4. The molecule has 1 heterocycles. The first kappa shape index (κ1) is 26.5. The summed E-state index contributed by atoms with van der Waals surface area (Å²) >= 11 is 5.35. The van der Waals surface area contributed by atoms with Crippen LogP contribution in [0.3, 0.4) is 0 Å². The van der Waals surface area contributed by atoms with Gasteiger partial charge in [0.25, 0.3) is 11.8 Å². The van der Waals surface area contributed by atoms with Crippen molar-refractivity contribution < 1.29 is 29.0 Å². The zero-order valence-electron chi connectivity index (χ0n) is 20.9. The molecule has 1 saturated heterocycles. The standard InChI is InChI=1S/C29H26BrIN2O6/c30-22-9-15(10-23(31)25(22)39-14-24(34)35)8-21-26(36)32-28(38)33(27(21)37)20-3-1-19(2-4-20)29-11-16-5-17(12-29)7-18(6-16)13-29/h1-4,8-10,16-18H,5-7,11-14H2,(H,34,35)(H,32,36,38)/b21-8+. The van der Waals surface area contributed by atoms with Gasteiger partial charge in [0.05, 0.1) is 13.7 Å². The minimum Gasteiger partial charge on any atom is -0.480 e. The summed E-state index contributed by atoms with van der Waals surface area (Å²) in [6, 6.07) is 10.2. The van der Waals surface area contributed by atoms with E-state index >= 15 is 0 Å². The van der Waals surface area contributed by atoms with Crippen LogP contribution in [-0.2, 0) is 19.8 Å². The number of anilines is 1. The number of nitrogens with one attached hydrogen (secondary N) is 1. The summed E-state index contributed by atoms with van der Waals surface area (Å²) in [4.78, 5) is 50.8. The maximum Gasteiger partial charge on any atom is 0.341 e. The Morgan fingerprint density at radius 1 is 1.08 bits per heavy atom. The lowest BCUT2D eigenvalue weighted by Crippen LogP contribution is -2.54. The maximum absolute atomic E-state index is 13.4. The third-order valence-corrected chi connectivity index (χ3v) is 9.94. The predicted molar refractivity (Wildman–Crippen MR) is 155 cm³/mol. The van der Waals surface area contributed by atoms with E-state index in [9.17, 15) is 19.2 Å². The number of urea groups is 1. The van der Waals surface area contributed by atoms with Crippen molar-refractivity contribution in [2.75, 3.05) is 11.5 Å². The molecule has 4 bridgehead atoms. The summed E-state index contributed by atoms with van der Waals surface area (Å²) in [5.41, 5.74) is 2.23. The Balaban J connectivity index is 1.26. The summed E-state index contributed by atoms with van der Waals surface area (Å²) in [6.45, 7) is -0.505. The molecule has 39 heavy (non-hydrogen) atoms. The van der Waals surface area contributed by atoms with Crippen LogP contribution in [0.1, 0.15) is 49.7 Å². The smallest absolute Gasteiger partial charge is 0.341 e. The molecular weight excluding hydrogens is 679 g/mol. The van der Waals surface area contributed by atoms with E-state index in [-0.39, 0.29) is 11.0 Å². The van der Waals surface area contributed by atoms with E-state index in [0.29, 0.717) is 25.0 Å². The Labute approximate surface area is 247 Å². The van der Waals surface area contributed by atoms with Gasteiger partial charge in [-0.1, -0.05) is 12.1 Å². The fourth-order valence-electron chi connectivity index (χ4n) is 7.42. The van der Waals surface area contributed by atoms with Crippen LogP contribution in [0, 0.1) is 21.3 Å². The predicted octanol–water partition coefficient (Wildman–Crippen LogP) is 5.65. The topological polar surface area (TPSA) is 113 Å². The highest BCUT2D eigenvalue weighted by Gasteiger charge is 2.51. The molecule has 5 fully saturated rings. The molecule has 202 valence electrons. The van der Waals surface area contributed by atoms with Crippen LogP contribution < -0.4 is 15.0 Å². The number of hydrogen-bond donors (Lipinski definition) is 2. The van der Waals surface area contributed by atoms with Crippen molar-refractivity contribution in [2.45, 2.75) is 43.9 Å². The molecular formula is C29H26BrIN2O6. The molecule has 2 aromatic rings. The molecule has 10 heteroatoms. The van der Waals surface area contributed by atoms with Gasteiger partial charge in [0.2, 0.25) is 0 Å². The lowest BCUT2D eigenvalue weighted by Gasteiger charge is -2.57. The summed E-state index contributed by atoms with van der Waals surface area (Å²) in [6.07, 6.45) is 9.14. The van der Waals surface area contributed by atoms with Crippen LogP contribution in [0.4, 0.5) is 10.5 Å². The lowest BCUT2D eigenvalue weighted by molar-refractivity contribution is -0.139. The van der Waals surface area contributed by atoms with Crippen LogP contribution >= 0.6 is 38.5 Å². The highest BCUT2D eigenvalue weighted by Crippen LogP contribution is 2.60. The minimum absolute atomic E-state index is 0.179. The van der Waals surface area contributed by atoms with Gasteiger partial charge in [-0.05, 0) is 142 Å². The Morgan fingerprint density at radius 2 is 1.69 bits per heavy atom. The van der Waals surface area contributed by atoms with E-state index in [4.69, 9.17) is 9.84 Å². The van der Waals surface area contributed by atoms with Gasteiger partial charge in [0.15, 0.2) is 6.61 Å². The average Bonchev–Trinajstić information content (AvgIpc) is 2.85. The van der Waals surface area contributed by atoms with Gasteiger partial charge in [-0.15, -0.1) is 0 Å². The van der Waals surface area contributed by atoms with Gasteiger partial charge in [0.1, 0.15) is 11.3 Å². The van der Waals surface area contributed by atoms with Gasteiger partial charge in [0, 0.05) is 0 Å². The Bertz CT molecular complexity index is 1380. The van der Waals surface area contributed by atoms with Gasteiger partial charge in [-0.2, -0.15) is 0 Å². The second-order valence-corrected chi connectivity index (χ2v) is 13.2. The third kappa shape index (κ3) is 4.90. The van der Waals surface area contributed by atoms with E-state index in [2.05, 4.69) is 33.4 Å². The van der Waals surface area contributed by atoms with Crippen LogP contribution in [0.15, 0.2) is 46.4 Å². The normalized spacial score (nSPS) is 28.7. The number of hydrogen-bond acceptors (Lipinski definition) is 5. The number of barbiturate groups is 1. The molecule has 2 aromatic carbocycles. The first-order valence-electron chi connectivity index (χ1n) is 13.0. The summed E-state index contributed by atoms with van der Waals surface area (Å²) < 4.78 is 6.38. The number of aliphatic carboxylic acids is 1. The molecule has 0 unspecified atom stereocenters. The highest BCUT2D eigenvalue weighted by atomic mass is 127. The summed E-state index contributed by atoms with van der Waals surface area (Å²) in [5, 5.41) is 11.2. The minimum atomic E-state index is -1.11. The highest BCUT2D eigenvalue weighted by molar-refractivity contribution is 14.1. The van der Waals surface area contributed by atoms with Gasteiger partial charge >= 0.3 is 12.0 Å². The molecule has 5 aliphatic rings. The summed E-state index contributed by atoms with van der Waals surface area (Å²) in [7, 11) is 0. The average molecular weight is 705 g/mol. The molecule has 0 radical (unpaired) electrons. The van der Waals surface area contributed by atoms with Gasteiger partial charge < -0.3 is 9.84 Å². The molecule has 0 atom stereocenters. The van der Waals surface area contributed by atoms with Gasteiger partial charge in [-0.3, -0.25) is 14.9 Å². The SMILES string of the molecule is O=C(O)COc1c(Br)cc(/C=C2\C(=O)NC(=O)N(c3ccc(C45CC6CC(CC(C6)C4)C5)cc3)C2=O)cc1I. The number of carbonyl (C=O) groups excluding carboxylic acids is 3. The number of imide groups is 2. The van der Waals surface area contributed by atoms with Crippen molar-refractivity contribution in [3.63, 3.8) is 0 Å². The zero-order chi connectivity index (χ0) is 27.5. The Morgan fingerprint density at radius 3 is 2.26 bits per heavy atom. The number of benzene rings is 2. The molecule has 4 saturated carbocycles. The molecule has 4 amide bonds. The van der Waals surface area contributed by atoms with E-state index in [1.807, 2.05) is 34.7 Å². The van der Waals surface area contributed by atoms with E-state index in [1.54, 1.807) is 12.1 Å². The summed E-state index contributed by atoms with van der Waals surface area (Å²) in [5.74, 6) is 0.187. The van der Waals surface area contributed by atoms with Crippen LogP contribution in [-0.4, -0.2) is 35.5 Å². The van der Waals surface area contributed by atoms with E-state index < -0.39 is 30.4 Å². The van der Waals surface area contributed by atoms with Crippen molar-refractivity contribution in [2.24, 2.45) is 17.8 Å². The number of rotatable bonds is 6. The first-order chi connectivity index (χ1) is 18.6. The molecule has 0 aromatic heterocycles. The fourth-order valence-corrected chi connectivity index (χ4v) is 9.19. The zero-order valence-corrected chi connectivity index (χ0v) is 24.7. The molecule has 4 aliphatic carbocycles. The van der Waals surface area contributed by atoms with E-state index in [0.717, 1.165) is 22.7 Å². The van der Waals surface area contributed by atoms with E-state index in [1.165, 1.54) is 50.2 Å². The lowest BCUT2D eigenvalue weighted by atomic mass is 9.48. The number of nitrogens with zero attached hydrogens (tertiary/aromatic N) is 1. The Kier molecular flexibility index (Phi) is 6.81. The van der Waals surface area contributed by atoms with Crippen molar-refractivity contribution in [1.29, 1.82) is 0 Å². The number of carboxylic acids is 1. The molecule has 1 aliphatic heterocycles. The monoisotopic (exact) mass is 704 g/mol. The number of ether oxygens (including phenoxy) is 1. The van der Waals surface area contributed by atoms with Crippen molar-refractivity contribution in [1.82, 2.24) is 5.32 Å². The van der Waals surface area contributed by atoms with Crippen molar-refractivity contribution in [3.05, 3.63) is 61.1 Å². The van der Waals surface area contributed by atoms with Crippen LogP contribution in [0.5, 0.6) is 5.75 Å². The maximum atomic E-state index is 13.4. The van der Waals surface area contributed by atoms with Crippen molar-refractivity contribution >= 4 is 74.1 Å². The van der Waals surface area contributed by atoms with Crippen molar-refractivity contribution in [3.8, 4) is 5.75 Å². The molecule has 7 rings (SSSR count). The quantitative estimate of drug-likeness (QED) is 0.228. The third-order valence-electron chi connectivity index (χ3n) is 8.55. The molecule has 2 N–H and O–H groups in total. The number of halogens is 2. The second kappa shape index (κ2) is 10.0.